The van der Waals surface area contributed by atoms with Gasteiger partial charge in [0.25, 0.3) is 5.91 Å². The van der Waals surface area contributed by atoms with Crippen LogP contribution in [0.4, 0.5) is 5.69 Å². The average molecular weight is 361 g/mol. The Hall–Kier alpha value is -2.34. The lowest BCUT2D eigenvalue weighted by Gasteiger charge is -2.21. The summed E-state index contributed by atoms with van der Waals surface area (Å²) in [6.07, 6.45) is -0.708. The van der Waals surface area contributed by atoms with Crippen LogP contribution in [0.25, 0.3) is 0 Å². The summed E-state index contributed by atoms with van der Waals surface area (Å²) >= 11 is 1.21. The highest BCUT2D eigenvalue weighted by Crippen LogP contribution is 2.27. The quantitative estimate of drug-likeness (QED) is 0.809. The van der Waals surface area contributed by atoms with Crippen LogP contribution in [0.15, 0.2) is 35.7 Å². The van der Waals surface area contributed by atoms with E-state index in [9.17, 15) is 9.59 Å². The maximum atomic E-state index is 12.4. The molecule has 1 N–H and O–H groups in total. The van der Waals surface area contributed by atoms with Gasteiger partial charge in [-0.2, -0.15) is 0 Å². The van der Waals surface area contributed by atoms with E-state index in [-0.39, 0.29) is 11.3 Å². The highest BCUT2D eigenvalue weighted by atomic mass is 32.1. The lowest BCUT2D eigenvalue weighted by Crippen LogP contribution is -2.30. The van der Waals surface area contributed by atoms with Gasteiger partial charge in [-0.15, -0.1) is 11.3 Å². The predicted octanol–water partition coefficient (Wildman–Crippen LogP) is 4.24. The highest BCUT2D eigenvalue weighted by molar-refractivity contribution is 7.12. The maximum absolute atomic E-state index is 12.4. The molecule has 1 atom stereocenters. The minimum atomic E-state index is -0.708. The second-order valence-corrected chi connectivity index (χ2v) is 7.60. The van der Waals surface area contributed by atoms with Gasteiger partial charge in [0.05, 0.1) is 12.8 Å². The lowest BCUT2D eigenvalue weighted by atomic mass is 9.87. The molecule has 0 aliphatic rings. The lowest BCUT2D eigenvalue weighted by molar-refractivity contribution is -0.122. The van der Waals surface area contributed by atoms with Gasteiger partial charge in [0.2, 0.25) is 0 Å². The zero-order chi connectivity index (χ0) is 18.6. The largest absolute Gasteiger partial charge is 0.481 e. The minimum absolute atomic E-state index is 0.00302. The summed E-state index contributed by atoms with van der Waals surface area (Å²) in [5, 5.41) is 4.44. The van der Waals surface area contributed by atoms with Crippen molar-refractivity contribution in [1.82, 2.24) is 0 Å². The molecule has 134 valence electrons. The summed E-state index contributed by atoms with van der Waals surface area (Å²) in [6, 6.07) is 9.37. The molecule has 0 spiro atoms. The first-order valence-corrected chi connectivity index (χ1v) is 8.84. The number of thiophene rings is 1. The van der Waals surface area contributed by atoms with E-state index in [2.05, 4.69) is 26.1 Å². The second kappa shape index (κ2) is 7.70. The van der Waals surface area contributed by atoms with Crippen molar-refractivity contribution in [2.24, 2.45) is 0 Å². The van der Waals surface area contributed by atoms with Crippen LogP contribution in [0.1, 0.15) is 42.9 Å². The molecular weight excluding hydrogens is 338 g/mol. The molecule has 0 aliphatic heterocycles. The monoisotopic (exact) mass is 361 g/mol. The van der Waals surface area contributed by atoms with E-state index < -0.39 is 12.1 Å². The molecule has 0 radical (unpaired) electrons. The first-order chi connectivity index (χ1) is 11.7. The number of benzene rings is 1. The third-order valence-corrected chi connectivity index (χ3v) is 4.57. The van der Waals surface area contributed by atoms with Crippen LogP contribution >= 0.6 is 11.3 Å². The molecule has 0 unspecified atom stereocenters. The summed E-state index contributed by atoms with van der Waals surface area (Å²) in [6.45, 7) is 8.02. The summed E-state index contributed by atoms with van der Waals surface area (Å²) in [5.74, 6) is -0.171. The van der Waals surface area contributed by atoms with E-state index in [1.54, 1.807) is 18.4 Å². The molecule has 0 fully saturated rings. The minimum Gasteiger partial charge on any atom is -0.481 e. The molecule has 0 aliphatic carbocycles. The van der Waals surface area contributed by atoms with E-state index in [4.69, 9.17) is 9.47 Å². The van der Waals surface area contributed by atoms with Gasteiger partial charge in [-0.25, -0.2) is 4.79 Å². The van der Waals surface area contributed by atoms with Gasteiger partial charge >= 0.3 is 5.97 Å². The van der Waals surface area contributed by atoms with Crippen molar-refractivity contribution in [2.75, 3.05) is 12.4 Å². The Morgan fingerprint density at radius 1 is 1.20 bits per heavy atom. The van der Waals surface area contributed by atoms with E-state index >= 15 is 0 Å². The average Bonchev–Trinajstić information content (AvgIpc) is 3.01. The Morgan fingerprint density at radius 2 is 1.92 bits per heavy atom. The highest BCUT2D eigenvalue weighted by Gasteiger charge is 2.21. The fourth-order valence-electron chi connectivity index (χ4n) is 2.19. The van der Waals surface area contributed by atoms with Crippen molar-refractivity contribution >= 4 is 28.9 Å². The number of hydrogen-bond donors (Lipinski definition) is 1. The van der Waals surface area contributed by atoms with Crippen molar-refractivity contribution in [3.8, 4) is 5.75 Å². The summed E-state index contributed by atoms with van der Waals surface area (Å²) in [5.41, 5.74) is 1.56. The molecule has 1 aromatic carbocycles. The summed E-state index contributed by atoms with van der Waals surface area (Å²) < 4.78 is 10.5. The van der Waals surface area contributed by atoms with Crippen molar-refractivity contribution in [2.45, 2.75) is 39.2 Å². The third kappa shape index (κ3) is 4.82. The number of amides is 1. The summed E-state index contributed by atoms with van der Waals surface area (Å²) in [7, 11) is 1.31. The number of rotatable bonds is 5. The van der Waals surface area contributed by atoms with Crippen LogP contribution in [0.2, 0.25) is 0 Å². The van der Waals surface area contributed by atoms with Crippen molar-refractivity contribution in [1.29, 1.82) is 0 Å². The van der Waals surface area contributed by atoms with E-state index in [0.29, 0.717) is 16.3 Å². The second-order valence-electron chi connectivity index (χ2n) is 6.68. The molecule has 0 bridgehead atoms. The maximum Gasteiger partial charge on any atom is 0.350 e. The first kappa shape index (κ1) is 19.0. The number of hydrogen-bond acceptors (Lipinski definition) is 5. The molecule has 2 aromatic rings. The molecule has 25 heavy (non-hydrogen) atoms. The summed E-state index contributed by atoms with van der Waals surface area (Å²) in [4.78, 5) is 24.4. The molecule has 1 aromatic heterocycles. The first-order valence-electron chi connectivity index (χ1n) is 7.96. The fraction of sp³-hybridized carbons (Fsp3) is 0.368. The van der Waals surface area contributed by atoms with Gasteiger partial charge < -0.3 is 14.8 Å². The number of nitrogens with one attached hydrogen (secondary N) is 1. The van der Waals surface area contributed by atoms with Crippen LogP contribution in [0.5, 0.6) is 5.75 Å². The molecule has 0 saturated carbocycles. The van der Waals surface area contributed by atoms with Crippen molar-refractivity contribution in [3.63, 3.8) is 0 Å². The van der Waals surface area contributed by atoms with Gasteiger partial charge in [0.1, 0.15) is 10.6 Å². The Kier molecular flexibility index (Phi) is 5.85. The number of carbonyl (C=O) groups excluding carboxylic acids is 2. The number of ether oxygens (including phenoxy) is 2. The van der Waals surface area contributed by atoms with E-state index in [0.717, 1.165) is 5.56 Å². The molecule has 1 heterocycles. The number of anilines is 1. The third-order valence-electron chi connectivity index (χ3n) is 3.68. The van der Waals surface area contributed by atoms with E-state index in [1.807, 2.05) is 24.3 Å². The SMILES string of the molecule is COC(=O)c1sccc1NC(=O)[C@H](C)Oc1cccc(C(C)(C)C)c1. The Bertz CT molecular complexity index is 761. The van der Waals surface area contributed by atoms with Gasteiger partial charge in [0.15, 0.2) is 6.10 Å². The Labute approximate surface area is 152 Å². The predicted molar refractivity (Wildman–Crippen MR) is 99.5 cm³/mol. The van der Waals surface area contributed by atoms with Gasteiger partial charge in [-0.05, 0) is 41.5 Å². The molecule has 6 heteroatoms. The molecule has 5 nitrogen and oxygen atoms in total. The van der Waals surface area contributed by atoms with Crippen LogP contribution in [0, 0.1) is 0 Å². The van der Waals surface area contributed by atoms with Crippen LogP contribution in [-0.2, 0) is 14.9 Å². The van der Waals surface area contributed by atoms with Crippen LogP contribution in [-0.4, -0.2) is 25.1 Å². The Morgan fingerprint density at radius 3 is 2.56 bits per heavy atom. The number of methoxy groups -OCH3 is 1. The van der Waals surface area contributed by atoms with Gasteiger partial charge in [-0.1, -0.05) is 32.9 Å². The van der Waals surface area contributed by atoms with Crippen LogP contribution < -0.4 is 10.1 Å². The molecular formula is C19H23NO4S. The zero-order valence-electron chi connectivity index (χ0n) is 15.1. The van der Waals surface area contributed by atoms with E-state index in [1.165, 1.54) is 18.4 Å². The fourth-order valence-corrected chi connectivity index (χ4v) is 2.95. The van der Waals surface area contributed by atoms with Crippen molar-refractivity contribution < 1.29 is 19.1 Å². The standard InChI is InChI=1S/C19H23NO4S/c1-12(24-14-8-6-7-13(11-14)19(2,3)4)17(21)20-15-9-10-25-16(15)18(22)23-5/h6-12H,1-5H3,(H,20,21)/t12-/m0/s1. The van der Waals surface area contributed by atoms with Gasteiger partial charge in [0, 0.05) is 0 Å². The normalized spacial score (nSPS) is 12.4. The Balaban J connectivity index is 2.06. The van der Waals surface area contributed by atoms with Crippen molar-refractivity contribution in [3.05, 3.63) is 46.2 Å². The molecule has 2 rings (SSSR count). The van der Waals surface area contributed by atoms with Crippen LogP contribution in [0.3, 0.4) is 0 Å². The number of carbonyl (C=O) groups is 2. The topological polar surface area (TPSA) is 64.6 Å². The van der Waals surface area contributed by atoms with Gasteiger partial charge in [-0.3, -0.25) is 4.79 Å². The smallest absolute Gasteiger partial charge is 0.350 e. The zero-order valence-corrected chi connectivity index (χ0v) is 15.9. The number of esters is 1. The molecule has 0 saturated heterocycles. The molecule has 1 amide bonds.